The van der Waals surface area contributed by atoms with Gasteiger partial charge in [-0.05, 0) is 30.5 Å². The number of rotatable bonds is 2. The van der Waals surface area contributed by atoms with Gasteiger partial charge in [0.15, 0.2) is 0 Å². The molecule has 74 valence electrons. The van der Waals surface area contributed by atoms with Crippen molar-refractivity contribution in [2.24, 2.45) is 0 Å². The van der Waals surface area contributed by atoms with Crippen molar-refractivity contribution in [1.82, 2.24) is 4.90 Å². The molecule has 14 heavy (non-hydrogen) atoms. The summed E-state index contributed by atoms with van der Waals surface area (Å²) in [5.74, 6) is 0. The van der Waals surface area contributed by atoms with Gasteiger partial charge in [-0.3, -0.25) is 4.79 Å². The molecule has 1 atom stereocenters. The van der Waals surface area contributed by atoms with Gasteiger partial charge < -0.3 is 10.6 Å². The van der Waals surface area contributed by atoms with Crippen LogP contribution in [-0.4, -0.2) is 17.9 Å². The van der Waals surface area contributed by atoms with Gasteiger partial charge in [0.1, 0.15) is 0 Å². The lowest BCUT2D eigenvalue weighted by molar-refractivity contribution is -0.118. The summed E-state index contributed by atoms with van der Waals surface area (Å²) in [5.41, 5.74) is 7.56. The minimum atomic E-state index is 0.257. The number of hydrogen-bond donors (Lipinski definition) is 1. The average molecular weight is 190 g/mol. The van der Waals surface area contributed by atoms with Crippen molar-refractivity contribution in [3.05, 3.63) is 29.8 Å². The van der Waals surface area contributed by atoms with Crippen molar-refractivity contribution in [3.63, 3.8) is 0 Å². The van der Waals surface area contributed by atoms with Crippen molar-refractivity contribution in [3.8, 4) is 0 Å². The van der Waals surface area contributed by atoms with E-state index in [4.69, 9.17) is 5.73 Å². The Bertz CT molecular complexity index is 321. The van der Waals surface area contributed by atoms with Crippen LogP contribution >= 0.6 is 0 Å². The molecule has 1 aliphatic heterocycles. The van der Waals surface area contributed by atoms with Crippen LogP contribution in [0.5, 0.6) is 0 Å². The summed E-state index contributed by atoms with van der Waals surface area (Å²) in [6.07, 6.45) is 3.09. The van der Waals surface area contributed by atoms with Crippen LogP contribution < -0.4 is 5.73 Å². The van der Waals surface area contributed by atoms with Crippen LogP contribution in [0.25, 0.3) is 0 Å². The Hall–Kier alpha value is -1.51. The summed E-state index contributed by atoms with van der Waals surface area (Å²) >= 11 is 0. The first kappa shape index (κ1) is 9.06. The van der Waals surface area contributed by atoms with E-state index >= 15 is 0 Å². The molecule has 3 heteroatoms. The van der Waals surface area contributed by atoms with Crippen molar-refractivity contribution >= 4 is 12.1 Å². The largest absolute Gasteiger partial charge is 0.399 e. The molecule has 2 N–H and O–H groups in total. The Morgan fingerprint density at radius 2 is 2.07 bits per heavy atom. The fourth-order valence-corrected chi connectivity index (χ4v) is 1.99. The van der Waals surface area contributed by atoms with Gasteiger partial charge in [-0.15, -0.1) is 0 Å². The number of likely N-dealkylation sites (tertiary alicyclic amines) is 1. The molecular formula is C11H14N2O. The molecule has 1 unspecified atom stereocenters. The third-order valence-electron chi connectivity index (χ3n) is 2.75. The highest BCUT2D eigenvalue weighted by molar-refractivity contribution is 5.50. The molecule has 0 radical (unpaired) electrons. The number of benzene rings is 1. The first-order chi connectivity index (χ1) is 6.81. The number of nitrogens with two attached hydrogens (primary N) is 1. The van der Waals surface area contributed by atoms with Gasteiger partial charge in [-0.25, -0.2) is 0 Å². The quantitative estimate of drug-likeness (QED) is 0.568. The number of carbonyl (C=O) groups excluding carboxylic acids is 1. The zero-order chi connectivity index (χ0) is 9.97. The van der Waals surface area contributed by atoms with E-state index in [-0.39, 0.29) is 6.04 Å². The van der Waals surface area contributed by atoms with E-state index in [1.54, 1.807) is 0 Å². The molecule has 1 heterocycles. The van der Waals surface area contributed by atoms with E-state index in [2.05, 4.69) is 0 Å². The van der Waals surface area contributed by atoms with Crippen LogP contribution in [0, 0.1) is 0 Å². The molecule has 1 aromatic rings. The summed E-state index contributed by atoms with van der Waals surface area (Å²) in [4.78, 5) is 12.6. The summed E-state index contributed by atoms with van der Waals surface area (Å²) in [6, 6.07) is 8.03. The molecule has 1 fully saturated rings. The Balaban J connectivity index is 2.21. The molecule has 1 aromatic carbocycles. The molecule has 1 aliphatic rings. The van der Waals surface area contributed by atoms with Crippen molar-refractivity contribution in [2.75, 3.05) is 12.3 Å². The zero-order valence-corrected chi connectivity index (χ0v) is 8.02. The van der Waals surface area contributed by atoms with Gasteiger partial charge >= 0.3 is 0 Å². The first-order valence-electron chi connectivity index (χ1n) is 4.88. The third kappa shape index (κ3) is 1.58. The fourth-order valence-electron chi connectivity index (χ4n) is 1.99. The molecule has 1 saturated heterocycles. The molecule has 0 saturated carbocycles. The Kier molecular flexibility index (Phi) is 2.39. The van der Waals surface area contributed by atoms with Crippen molar-refractivity contribution in [2.45, 2.75) is 18.9 Å². The monoisotopic (exact) mass is 190 g/mol. The number of anilines is 1. The number of nitrogens with zero attached hydrogens (tertiary/aromatic N) is 1. The second-order valence-electron chi connectivity index (χ2n) is 3.67. The number of nitrogen functional groups attached to an aromatic ring is 1. The van der Waals surface area contributed by atoms with Gasteiger partial charge in [-0.1, -0.05) is 12.1 Å². The summed E-state index contributed by atoms with van der Waals surface area (Å²) in [5, 5.41) is 0. The Morgan fingerprint density at radius 3 is 2.71 bits per heavy atom. The lowest BCUT2D eigenvalue weighted by Gasteiger charge is -2.20. The number of amides is 1. The number of carbonyl (C=O) groups is 1. The van der Waals surface area contributed by atoms with Crippen LogP contribution in [0.3, 0.4) is 0 Å². The highest BCUT2D eigenvalue weighted by Gasteiger charge is 2.23. The lowest BCUT2D eigenvalue weighted by Crippen LogP contribution is -2.20. The molecule has 0 aromatic heterocycles. The van der Waals surface area contributed by atoms with Gasteiger partial charge in [0.05, 0.1) is 6.04 Å². The molecule has 0 bridgehead atoms. The summed E-state index contributed by atoms with van der Waals surface area (Å²) in [7, 11) is 0. The van der Waals surface area contributed by atoms with Crippen molar-refractivity contribution in [1.29, 1.82) is 0 Å². The van der Waals surface area contributed by atoms with Crippen LogP contribution in [0.2, 0.25) is 0 Å². The normalized spacial score (nSPS) is 21.1. The topological polar surface area (TPSA) is 46.3 Å². The van der Waals surface area contributed by atoms with Gasteiger partial charge in [0, 0.05) is 12.2 Å². The zero-order valence-electron chi connectivity index (χ0n) is 8.02. The maximum Gasteiger partial charge on any atom is 0.210 e. The summed E-state index contributed by atoms with van der Waals surface area (Å²) in [6.45, 7) is 0.874. The third-order valence-corrected chi connectivity index (χ3v) is 2.75. The van der Waals surface area contributed by atoms with Crippen molar-refractivity contribution < 1.29 is 4.79 Å². The molecule has 2 rings (SSSR count). The SMILES string of the molecule is Nc1ccc(C2CCCN2C=O)cc1. The first-order valence-corrected chi connectivity index (χ1v) is 4.88. The molecule has 1 amide bonds. The van der Waals surface area contributed by atoms with E-state index in [1.165, 1.54) is 5.56 Å². The van der Waals surface area contributed by atoms with E-state index in [9.17, 15) is 4.79 Å². The maximum atomic E-state index is 10.8. The predicted molar refractivity (Wildman–Crippen MR) is 55.6 cm³/mol. The smallest absolute Gasteiger partial charge is 0.210 e. The van der Waals surface area contributed by atoms with Gasteiger partial charge in [0.25, 0.3) is 0 Å². The predicted octanol–water partition coefficient (Wildman–Crippen LogP) is 1.56. The summed E-state index contributed by atoms with van der Waals surface area (Å²) < 4.78 is 0. The average Bonchev–Trinajstić information content (AvgIpc) is 2.67. The van der Waals surface area contributed by atoms with Crippen LogP contribution in [0.1, 0.15) is 24.4 Å². The molecule has 0 aliphatic carbocycles. The van der Waals surface area contributed by atoms with E-state index in [0.717, 1.165) is 31.5 Å². The van der Waals surface area contributed by atoms with E-state index < -0.39 is 0 Å². The lowest BCUT2D eigenvalue weighted by atomic mass is 10.0. The molecule has 3 nitrogen and oxygen atoms in total. The highest BCUT2D eigenvalue weighted by atomic mass is 16.1. The second-order valence-corrected chi connectivity index (χ2v) is 3.67. The van der Waals surface area contributed by atoms with Gasteiger partial charge in [-0.2, -0.15) is 0 Å². The van der Waals surface area contributed by atoms with Gasteiger partial charge in [0.2, 0.25) is 6.41 Å². The minimum Gasteiger partial charge on any atom is -0.399 e. The maximum absolute atomic E-state index is 10.8. The Morgan fingerprint density at radius 1 is 1.36 bits per heavy atom. The second kappa shape index (κ2) is 3.70. The minimum absolute atomic E-state index is 0.257. The molecule has 0 spiro atoms. The Labute approximate surface area is 83.5 Å². The van der Waals surface area contributed by atoms with Crippen LogP contribution in [-0.2, 0) is 4.79 Å². The standard InChI is InChI=1S/C11H14N2O/c12-10-5-3-9(4-6-10)11-2-1-7-13(11)8-14/h3-6,8,11H,1-2,7,12H2. The highest BCUT2D eigenvalue weighted by Crippen LogP contribution is 2.30. The van der Waals surface area contributed by atoms with Crippen LogP contribution in [0.15, 0.2) is 24.3 Å². The van der Waals surface area contributed by atoms with Crippen LogP contribution in [0.4, 0.5) is 5.69 Å². The number of hydrogen-bond acceptors (Lipinski definition) is 2. The molecular weight excluding hydrogens is 176 g/mol. The van der Waals surface area contributed by atoms with E-state index in [1.807, 2.05) is 29.2 Å². The fraction of sp³-hybridized carbons (Fsp3) is 0.364. The van der Waals surface area contributed by atoms with E-state index in [0.29, 0.717) is 0 Å².